The van der Waals surface area contributed by atoms with Gasteiger partial charge in [0.1, 0.15) is 0 Å². The van der Waals surface area contributed by atoms with E-state index in [1.54, 1.807) is 11.3 Å². The van der Waals surface area contributed by atoms with E-state index >= 15 is 0 Å². The van der Waals surface area contributed by atoms with Gasteiger partial charge >= 0.3 is 0 Å². The van der Waals surface area contributed by atoms with Crippen molar-refractivity contribution in [1.29, 1.82) is 0 Å². The Bertz CT molecular complexity index is 1390. The molecule has 0 saturated carbocycles. The Morgan fingerprint density at radius 2 is 1.25 bits per heavy atom. The molecular formula is C26H19Br2N3S. The molecule has 5 rings (SSSR count). The molecule has 0 saturated heterocycles. The average Bonchev–Trinajstić information content (AvgIpc) is 3.36. The highest BCUT2D eigenvalue weighted by atomic mass is 79.9. The van der Waals surface area contributed by atoms with Crippen molar-refractivity contribution in [2.24, 2.45) is 0 Å². The summed E-state index contributed by atoms with van der Waals surface area (Å²) >= 11 is 8.75. The highest BCUT2D eigenvalue weighted by molar-refractivity contribution is 9.10. The van der Waals surface area contributed by atoms with Crippen LogP contribution in [0.1, 0.15) is 10.4 Å². The molecule has 0 radical (unpaired) electrons. The standard InChI is InChI=1S/C26H19Br2N3S/c1-16-23(19-8-12-21(27)13-9-19)30-31(25(16)20-10-14-22(28)15-11-20)26-29-24(17(2)32-26)18-6-4-3-5-7-18/h3-15H,1-2H3. The van der Waals surface area contributed by atoms with Gasteiger partial charge in [-0.2, -0.15) is 5.10 Å². The molecule has 158 valence electrons. The Morgan fingerprint density at radius 3 is 1.88 bits per heavy atom. The van der Waals surface area contributed by atoms with E-state index in [0.29, 0.717) is 0 Å². The third-order valence-electron chi connectivity index (χ3n) is 5.37. The number of rotatable bonds is 4. The zero-order valence-corrected chi connectivity index (χ0v) is 21.5. The number of benzene rings is 3. The highest BCUT2D eigenvalue weighted by Gasteiger charge is 2.21. The fraction of sp³-hybridized carbons (Fsp3) is 0.0769. The van der Waals surface area contributed by atoms with Crippen LogP contribution in [-0.2, 0) is 0 Å². The minimum atomic E-state index is 0.866. The van der Waals surface area contributed by atoms with Gasteiger partial charge in [0.15, 0.2) is 0 Å². The smallest absolute Gasteiger partial charge is 0.211 e. The van der Waals surface area contributed by atoms with E-state index in [-0.39, 0.29) is 0 Å². The summed E-state index contributed by atoms with van der Waals surface area (Å²) in [5, 5.41) is 5.93. The Labute approximate surface area is 208 Å². The van der Waals surface area contributed by atoms with E-state index in [2.05, 4.69) is 94.2 Å². The number of aryl methyl sites for hydroxylation is 1. The van der Waals surface area contributed by atoms with Crippen molar-refractivity contribution < 1.29 is 0 Å². The van der Waals surface area contributed by atoms with Gasteiger partial charge in [0, 0.05) is 36.1 Å². The summed E-state index contributed by atoms with van der Waals surface area (Å²) in [4.78, 5) is 6.19. The van der Waals surface area contributed by atoms with Crippen LogP contribution < -0.4 is 0 Å². The van der Waals surface area contributed by atoms with E-state index in [0.717, 1.165) is 53.4 Å². The largest absolute Gasteiger partial charge is 0.218 e. The molecule has 2 heterocycles. The van der Waals surface area contributed by atoms with Crippen molar-refractivity contribution in [2.45, 2.75) is 13.8 Å². The van der Waals surface area contributed by atoms with E-state index in [1.807, 2.05) is 35.0 Å². The van der Waals surface area contributed by atoms with E-state index in [4.69, 9.17) is 10.1 Å². The van der Waals surface area contributed by atoms with Gasteiger partial charge in [0.25, 0.3) is 0 Å². The average molecular weight is 565 g/mol. The normalized spacial score (nSPS) is 11.1. The Hall–Kier alpha value is -2.54. The minimum absolute atomic E-state index is 0.866. The topological polar surface area (TPSA) is 30.7 Å². The molecule has 0 aliphatic rings. The van der Waals surface area contributed by atoms with Gasteiger partial charge in [-0.05, 0) is 38.1 Å². The second-order valence-corrected chi connectivity index (χ2v) is 10.5. The number of hydrogen-bond donors (Lipinski definition) is 0. The van der Waals surface area contributed by atoms with Gasteiger partial charge in [0.2, 0.25) is 5.13 Å². The Balaban J connectivity index is 1.72. The van der Waals surface area contributed by atoms with Gasteiger partial charge in [-0.15, -0.1) is 0 Å². The van der Waals surface area contributed by atoms with E-state index in [1.165, 1.54) is 4.88 Å². The van der Waals surface area contributed by atoms with Gasteiger partial charge in [-0.1, -0.05) is 97.8 Å². The number of nitrogens with zero attached hydrogens (tertiary/aromatic N) is 3. The van der Waals surface area contributed by atoms with Crippen molar-refractivity contribution in [2.75, 3.05) is 0 Å². The monoisotopic (exact) mass is 563 g/mol. The van der Waals surface area contributed by atoms with Crippen LogP contribution in [0.25, 0.3) is 38.9 Å². The summed E-state index contributed by atoms with van der Waals surface area (Å²) in [5.74, 6) is 0. The lowest BCUT2D eigenvalue weighted by atomic mass is 10.0. The molecule has 0 fully saturated rings. The quantitative estimate of drug-likeness (QED) is 0.219. The second kappa shape index (κ2) is 8.77. The summed E-state index contributed by atoms with van der Waals surface area (Å²) in [7, 11) is 0. The molecule has 5 aromatic rings. The number of halogens is 2. The zero-order valence-electron chi connectivity index (χ0n) is 17.5. The highest BCUT2D eigenvalue weighted by Crippen LogP contribution is 2.37. The van der Waals surface area contributed by atoms with Crippen molar-refractivity contribution in [3.05, 3.63) is 98.2 Å². The van der Waals surface area contributed by atoms with Crippen LogP contribution in [0.15, 0.2) is 87.8 Å². The molecule has 0 amide bonds. The molecule has 0 unspecified atom stereocenters. The molecular weight excluding hydrogens is 546 g/mol. The Kier molecular flexibility index (Phi) is 5.84. The number of thiazole rings is 1. The molecule has 0 bridgehead atoms. The lowest BCUT2D eigenvalue weighted by molar-refractivity contribution is 0.881. The molecule has 32 heavy (non-hydrogen) atoms. The van der Waals surface area contributed by atoms with Crippen molar-refractivity contribution >= 4 is 43.2 Å². The molecule has 2 aromatic heterocycles. The van der Waals surface area contributed by atoms with Crippen LogP contribution in [0.5, 0.6) is 0 Å². The first-order valence-corrected chi connectivity index (χ1v) is 12.6. The summed E-state index contributed by atoms with van der Waals surface area (Å²) in [6.07, 6.45) is 0. The van der Waals surface area contributed by atoms with Crippen LogP contribution in [0.3, 0.4) is 0 Å². The lowest BCUT2D eigenvalue weighted by Crippen LogP contribution is -1.99. The van der Waals surface area contributed by atoms with Crippen LogP contribution in [0.4, 0.5) is 0 Å². The van der Waals surface area contributed by atoms with Gasteiger partial charge < -0.3 is 0 Å². The summed E-state index contributed by atoms with van der Waals surface area (Å²) in [5.41, 5.74) is 7.47. The third kappa shape index (κ3) is 3.98. The predicted molar refractivity (Wildman–Crippen MR) is 140 cm³/mol. The maximum Gasteiger partial charge on any atom is 0.211 e. The summed E-state index contributed by atoms with van der Waals surface area (Å²) < 4.78 is 4.10. The Morgan fingerprint density at radius 1 is 0.688 bits per heavy atom. The van der Waals surface area contributed by atoms with E-state index < -0.39 is 0 Å². The molecule has 3 nitrogen and oxygen atoms in total. The maximum atomic E-state index is 5.06. The van der Waals surface area contributed by atoms with Crippen LogP contribution >= 0.6 is 43.2 Å². The molecule has 0 N–H and O–H groups in total. The van der Waals surface area contributed by atoms with E-state index in [9.17, 15) is 0 Å². The van der Waals surface area contributed by atoms with Crippen molar-refractivity contribution in [3.8, 4) is 38.9 Å². The van der Waals surface area contributed by atoms with Gasteiger partial charge in [-0.3, -0.25) is 0 Å². The molecule has 0 aliphatic heterocycles. The summed E-state index contributed by atoms with van der Waals surface area (Å²) in [6.45, 7) is 4.26. The fourth-order valence-electron chi connectivity index (χ4n) is 3.80. The van der Waals surface area contributed by atoms with Crippen molar-refractivity contribution in [1.82, 2.24) is 14.8 Å². The third-order valence-corrected chi connectivity index (χ3v) is 7.37. The predicted octanol–water partition coefficient (Wildman–Crippen LogP) is 8.47. The maximum absolute atomic E-state index is 5.06. The van der Waals surface area contributed by atoms with Crippen molar-refractivity contribution in [3.63, 3.8) is 0 Å². The number of aromatic nitrogens is 3. The first-order valence-electron chi connectivity index (χ1n) is 10.2. The van der Waals surface area contributed by atoms with Gasteiger partial charge in [-0.25, -0.2) is 9.67 Å². The fourth-order valence-corrected chi connectivity index (χ4v) is 5.22. The zero-order chi connectivity index (χ0) is 22.2. The minimum Gasteiger partial charge on any atom is -0.218 e. The van der Waals surface area contributed by atoms with Crippen LogP contribution in [0.2, 0.25) is 0 Å². The molecule has 3 aromatic carbocycles. The lowest BCUT2D eigenvalue weighted by Gasteiger charge is -2.06. The molecule has 0 aliphatic carbocycles. The van der Waals surface area contributed by atoms with Gasteiger partial charge in [0.05, 0.1) is 17.1 Å². The van der Waals surface area contributed by atoms with Crippen LogP contribution in [-0.4, -0.2) is 14.8 Å². The first-order chi connectivity index (χ1) is 15.5. The second-order valence-electron chi connectivity index (χ2n) is 7.52. The summed E-state index contributed by atoms with van der Waals surface area (Å²) in [6, 6.07) is 27.0. The first kappa shape index (κ1) is 21.3. The molecule has 0 atom stereocenters. The molecule has 0 spiro atoms. The number of hydrogen-bond acceptors (Lipinski definition) is 3. The van der Waals surface area contributed by atoms with Crippen LogP contribution in [0, 0.1) is 13.8 Å². The SMILES string of the molecule is Cc1sc(-n2nc(-c3ccc(Br)cc3)c(C)c2-c2ccc(Br)cc2)nc1-c1ccccc1. The molecule has 6 heteroatoms.